The van der Waals surface area contributed by atoms with E-state index in [0.29, 0.717) is 24.1 Å². The average molecular weight is 423 g/mol. The van der Waals surface area contributed by atoms with E-state index in [4.69, 9.17) is 23.9 Å². The van der Waals surface area contributed by atoms with Crippen LogP contribution in [-0.2, 0) is 11.3 Å². The smallest absolute Gasteiger partial charge is 0.247 e. The number of ether oxygens (including phenoxy) is 2. The van der Waals surface area contributed by atoms with Gasteiger partial charge in [0.2, 0.25) is 18.2 Å². The molecule has 5 rings (SSSR count). The van der Waals surface area contributed by atoms with Crippen LogP contribution < -0.4 is 4.74 Å². The van der Waals surface area contributed by atoms with Crippen molar-refractivity contribution in [2.24, 2.45) is 0 Å². The Labute approximate surface area is 177 Å². The molecule has 0 saturated carbocycles. The third-order valence-corrected chi connectivity index (χ3v) is 6.29. The summed E-state index contributed by atoms with van der Waals surface area (Å²) < 4.78 is 16.9. The zero-order valence-electron chi connectivity index (χ0n) is 16.8. The van der Waals surface area contributed by atoms with Crippen molar-refractivity contribution >= 4 is 21.6 Å². The van der Waals surface area contributed by atoms with Crippen LogP contribution in [0.1, 0.15) is 16.3 Å². The Kier molecular flexibility index (Phi) is 5.16. The summed E-state index contributed by atoms with van der Waals surface area (Å²) in [4.78, 5) is 14.1. The van der Waals surface area contributed by atoms with Gasteiger partial charge in [0.25, 0.3) is 0 Å². The highest BCUT2D eigenvalue weighted by Crippen LogP contribution is 2.37. The molecule has 4 aromatic rings. The maximum atomic E-state index is 6.23. The maximum Gasteiger partial charge on any atom is 0.247 e. The Bertz CT molecular complexity index is 1150. The molecule has 1 fully saturated rings. The molecule has 9 heteroatoms. The summed E-state index contributed by atoms with van der Waals surface area (Å²) in [6.45, 7) is 8.14. The van der Waals surface area contributed by atoms with Crippen molar-refractivity contribution in [3.8, 4) is 23.1 Å². The first kappa shape index (κ1) is 19.1. The number of thiophene rings is 1. The third kappa shape index (κ3) is 3.79. The minimum atomic E-state index is 0.475. The number of rotatable bonds is 5. The highest BCUT2D eigenvalue weighted by atomic mass is 32.1. The Morgan fingerprint density at radius 3 is 2.63 bits per heavy atom. The molecule has 0 unspecified atom stereocenters. The lowest BCUT2D eigenvalue weighted by molar-refractivity contribution is 0.0330. The highest BCUT2D eigenvalue weighted by molar-refractivity contribution is 7.18. The number of nitrogens with zero attached hydrogens (tertiary/aromatic N) is 5. The topological polar surface area (TPSA) is 86.4 Å². The fourth-order valence-electron chi connectivity index (χ4n) is 3.43. The predicted octanol–water partition coefficient (Wildman–Crippen LogP) is 3.98. The summed E-state index contributed by atoms with van der Waals surface area (Å²) in [5.41, 5.74) is 1.99. The SMILES string of the molecule is Cc1sc2nc(CN3CCOCC3)nc(Oc3ccc(-c4nnco4)cc3)c2c1C. The molecule has 0 aliphatic carbocycles. The van der Waals surface area contributed by atoms with E-state index < -0.39 is 0 Å². The molecule has 154 valence electrons. The van der Waals surface area contributed by atoms with E-state index in [1.54, 1.807) is 11.3 Å². The highest BCUT2D eigenvalue weighted by Gasteiger charge is 2.19. The summed E-state index contributed by atoms with van der Waals surface area (Å²) in [6, 6.07) is 7.54. The summed E-state index contributed by atoms with van der Waals surface area (Å²) in [7, 11) is 0. The Morgan fingerprint density at radius 2 is 1.90 bits per heavy atom. The monoisotopic (exact) mass is 423 g/mol. The quantitative estimate of drug-likeness (QED) is 0.476. The van der Waals surface area contributed by atoms with Crippen LogP contribution in [0.3, 0.4) is 0 Å². The summed E-state index contributed by atoms with van der Waals surface area (Å²) in [5.74, 6) is 2.53. The molecular weight excluding hydrogens is 402 g/mol. The third-order valence-electron chi connectivity index (χ3n) is 5.19. The van der Waals surface area contributed by atoms with Gasteiger partial charge in [-0.1, -0.05) is 0 Å². The number of hydrogen-bond donors (Lipinski definition) is 0. The van der Waals surface area contributed by atoms with Crippen molar-refractivity contribution in [2.45, 2.75) is 20.4 Å². The van der Waals surface area contributed by atoms with Gasteiger partial charge >= 0.3 is 0 Å². The first-order valence-corrected chi connectivity index (χ1v) is 10.6. The molecule has 1 aromatic carbocycles. The van der Waals surface area contributed by atoms with Gasteiger partial charge in [-0.15, -0.1) is 21.5 Å². The van der Waals surface area contributed by atoms with E-state index in [-0.39, 0.29) is 0 Å². The zero-order valence-corrected chi connectivity index (χ0v) is 17.6. The van der Waals surface area contributed by atoms with Crippen LogP contribution in [0, 0.1) is 13.8 Å². The lowest BCUT2D eigenvalue weighted by Gasteiger charge is -2.25. The van der Waals surface area contributed by atoms with Gasteiger partial charge in [-0.25, -0.2) is 4.98 Å². The van der Waals surface area contributed by atoms with Crippen LogP contribution in [-0.4, -0.2) is 51.4 Å². The normalized spacial score (nSPS) is 15.0. The maximum absolute atomic E-state index is 6.23. The molecule has 4 heterocycles. The average Bonchev–Trinajstić information content (AvgIpc) is 3.38. The van der Waals surface area contributed by atoms with Gasteiger partial charge in [0.05, 0.1) is 25.1 Å². The number of benzene rings is 1. The second-order valence-electron chi connectivity index (χ2n) is 7.17. The van der Waals surface area contributed by atoms with E-state index in [0.717, 1.165) is 53.5 Å². The molecule has 0 radical (unpaired) electrons. The van der Waals surface area contributed by atoms with Crippen LogP contribution >= 0.6 is 11.3 Å². The minimum Gasteiger partial charge on any atom is -0.438 e. The van der Waals surface area contributed by atoms with Gasteiger partial charge in [-0.05, 0) is 43.7 Å². The molecule has 0 atom stereocenters. The first-order valence-electron chi connectivity index (χ1n) is 9.78. The van der Waals surface area contributed by atoms with Gasteiger partial charge in [0.1, 0.15) is 16.4 Å². The molecule has 30 heavy (non-hydrogen) atoms. The van der Waals surface area contributed by atoms with Crippen molar-refractivity contribution in [2.75, 3.05) is 26.3 Å². The van der Waals surface area contributed by atoms with E-state index in [2.05, 4.69) is 28.9 Å². The standard InChI is InChI=1S/C21H21N5O3S/c1-13-14(2)30-21-18(13)20(23-17(24-21)11-26-7-9-27-10-8-26)29-16-5-3-15(4-6-16)19-25-22-12-28-19/h3-6,12H,7-11H2,1-2H3. The molecular formula is C21H21N5O3S. The second kappa shape index (κ2) is 8.10. The van der Waals surface area contributed by atoms with E-state index in [9.17, 15) is 0 Å². The van der Waals surface area contributed by atoms with Gasteiger partial charge in [-0.3, -0.25) is 4.90 Å². The minimum absolute atomic E-state index is 0.475. The molecule has 0 bridgehead atoms. The molecule has 0 spiro atoms. The largest absolute Gasteiger partial charge is 0.438 e. The Hall–Kier alpha value is -2.88. The molecule has 8 nitrogen and oxygen atoms in total. The lowest BCUT2D eigenvalue weighted by atomic mass is 10.2. The Balaban J connectivity index is 1.47. The van der Waals surface area contributed by atoms with E-state index in [1.807, 2.05) is 24.3 Å². The fourth-order valence-corrected chi connectivity index (χ4v) is 4.47. The first-order chi connectivity index (χ1) is 14.7. The number of aryl methyl sites for hydroxylation is 2. The van der Waals surface area contributed by atoms with Crippen LogP contribution in [0.2, 0.25) is 0 Å². The van der Waals surface area contributed by atoms with Crippen molar-refractivity contribution in [3.05, 3.63) is 46.9 Å². The predicted molar refractivity (Wildman–Crippen MR) is 113 cm³/mol. The Morgan fingerprint density at radius 1 is 1.10 bits per heavy atom. The number of aromatic nitrogens is 4. The zero-order chi connectivity index (χ0) is 20.5. The van der Waals surface area contributed by atoms with Gasteiger partial charge in [0.15, 0.2) is 0 Å². The van der Waals surface area contributed by atoms with Crippen LogP contribution in [0.5, 0.6) is 11.6 Å². The summed E-state index contributed by atoms with van der Waals surface area (Å²) >= 11 is 1.68. The van der Waals surface area contributed by atoms with E-state index in [1.165, 1.54) is 11.3 Å². The van der Waals surface area contributed by atoms with Crippen LogP contribution in [0.4, 0.5) is 0 Å². The molecule has 1 aliphatic rings. The van der Waals surface area contributed by atoms with Crippen molar-refractivity contribution in [1.82, 2.24) is 25.1 Å². The van der Waals surface area contributed by atoms with Crippen molar-refractivity contribution in [3.63, 3.8) is 0 Å². The van der Waals surface area contributed by atoms with Crippen LogP contribution in [0.25, 0.3) is 21.7 Å². The van der Waals surface area contributed by atoms with Crippen molar-refractivity contribution < 1.29 is 13.9 Å². The van der Waals surface area contributed by atoms with Crippen LogP contribution in [0.15, 0.2) is 35.1 Å². The molecule has 0 N–H and O–H groups in total. The molecule has 0 amide bonds. The van der Waals surface area contributed by atoms with Gasteiger partial charge in [-0.2, -0.15) is 4.98 Å². The summed E-state index contributed by atoms with van der Waals surface area (Å²) in [5, 5.41) is 8.63. The second-order valence-corrected chi connectivity index (χ2v) is 8.37. The lowest BCUT2D eigenvalue weighted by Crippen LogP contribution is -2.36. The molecule has 1 aliphatic heterocycles. The van der Waals surface area contributed by atoms with Gasteiger partial charge < -0.3 is 13.9 Å². The fraction of sp³-hybridized carbons (Fsp3) is 0.333. The number of morpholine rings is 1. The molecule has 1 saturated heterocycles. The number of fused-ring (bicyclic) bond motifs is 1. The number of hydrogen-bond acceptors (Lipinski definition) is 9. The van der Waals surface area contributed by atoms with E-state index >= 15 is 0 Å². The van der Waals surface area contributed by atoms with Gasteiger partial charge in [0, 0.05) is 23.5 Å². The van der Waals surface area contributed by atoms with Crippen molar-refractivity contribution in [1.29, 1.82) is 0 Å². The summed E-state index contributed by atoms with van der Waals surface area (Å²) in [6.07, 6.45) is 1.31. The molecule has 3 aromatic heterocycles.